The minimum Gasteiger partial charge on any atom is -0.469 e. The minimum absolute atomic E-state index is 0.0742. The van der Waals surface area contributed by atoms with Gasteiger partial charge in [-0.1, -0.05) is 70.4 Å². The van der Waals surface area contributed by atoms with Crippen LogP contribution in [0.5, 0.6) is 0 Å². The lowest BCUT2D eigenvalue weighted by molar-refractivity contribution is -0.140. The van der Waals surface area contributed by atoms with Gasteiger partial charge in [0.25, 0.3) is 0 Å². The van der Waals surface area contributed by atoms with Crippen LogP contribution in [-0.2, 0) is 9.53 Å². The zero-order chi connectivity index (χ0) is 15.6. The first-order chi connectivity index (χ1) is 10.3. The Bertz CT molecular complexity index is 246. The first-order valence-corrected chi connectivity index (χ1v) is 9.03. The van der Waals surface area contributed by atoms with E-state index in [4.69, 9.17) is 0 Å². The fourth-order valence-corrected chi connectivity index (χ4v) is 2.44. The molecule has 0 atom stereocenters. The van der Waals surface area contributed by atoms with Crippen molar-refractivity contribution in [3.05, 3.63) is 12.2 Å². The molecule has 0 aliphatic rings. The van der Waals surface area contributed by atoms with Crippen molar-refractivity contribution in [1.29, 1.82) is 0 Å². The van der Waals surface area contributed by atoms with E-state index in [1.54, 1.807) is 0 Å². The van der Waals surface area contributed by atoms with Gasteiger partial charge in [0.15, 0.2) is 0 Å². The Balaban J connectivity index is 3.09. The van der Waals surface area contributed by atoms with Crippen LogP contribution in [0.25, 0.3) is 0 Å². The molecule has 2 heteroatoms. The van der Waals surface area contributed by atoms with Crippen molar-refractivity contribution in [3.63, 3.8) is 0 Å². The molecule has 21 heavy (non-hydrogen) atoms. The van der Waals surface area contributed by atoms with E-state index >= 15 is 0 Å². The third-order valence-corrected chi connectivity index (χ3v) is 3.87. The van der Waals surface area contributed by atoms with Crippen LogP contribution in [0.1, 0.15) is 96.8 Å². The van der Waals surface area contributed by atoms with Gasteiger partial charge in [-0.25, -0.2) is 0 Å². The molecule has 0 rings (SSSR count). The summed E-state index contributed by atoms with van der Waals surface area (Å²) in [4.78, 5) is 10.9. The van der Waals surface area contributed by atoms with Crippen LogP contribution < -0.4 is 0 Å². The third kappa shape index (κ3) is 17.2. The zero-order valence-electron chi connectivity index (χ0n) is 14.4. The van der Waals surface area contributed by atoms with Gasteiger partial charge in [-0.2, -0.15) is 0 Å². The van der Waals surface area contributed by atoms with Crippen LogP contribution in [-0.4, -0.2) is 13.1 Å². The Morgan fingerprint density at radius 2 is 1.24 bits per heavy atom. The maximum atomic E-state index is 10.9. The van der Waals surface area contributed by atoms with Crippen molar-refractivity contribution in [3.8, 4) is 0 Å². The summed E-state index contributed by atoms with van der Waals surface area (Å²) in [6.45, 7) is 2.26. The van der Waals surface area contributed by atoms with Gasteiger partial charge >= 0.3 is 5.97 Å². The van der Waals surface area contributed by atoms with Crippen LogP contribution >= 0.6 is 0 Å². The lowest BCUT2D eigenvalue weighted by Gasteiger charge is -2.00. The summed E-state index contributed by atoms with van der Waals surface area (Å²) in [6.07, 6.45) is 22.0. The second-order valence-electron chi connectivity index (χ2n) is 5.91. The molecule has 0 N–H and O–H groups in total. The van der Waals surface area contributed by atoms with Crippen molar-refractivity contribution < 1.29 is 9.53 Å². The molecule has 0 unspecified atom stereocenters. The second kappa shape index (κ2) is 17.3. The van der Waals surface area contributed by atoms with Crippen molar-refractivity contribution in [2.45, 2.75) is 96.8 Å². The Hall–Kier alpha value is -0.790. The molecular weight excluding hydrogens is 260 g/mol. The van der Waals surface area contributed by atoms with Gasteiger partial charge in [0.2, 0.25) is 0 Å². The summed E-state index contributed by atoms with van der Waals surface area (Å²) < 4.78 is 4.62. The molecule has 0 aliphatic carbocycles. The van der Waals surface area contributed by atoms with E-state index < -0.39 is 0 Å². The molecule has 0 bridgehead atoms. The van der Waals surface area contributed by atoms with E-state index in [1.165, 1.54) is 77.7 Å². The number of allylic oxidation sites excluding steroid dienone is 2. The summed E-state index contributed by atoms with van der Waals surface area (Å²) in [6, 6.07) is 0. The number of unbranched alkanes of at least 4 members (excludes halogenated alkanes) is 11. The number of carbonyl (C=O) groups is 1. The number of methoxy groups -OCH3 is 1. The van der Waals surface area contributed by atoms with Crippen molar-refractivity contribution >= 4 is 5.97 Å². The number of hydrogen-bond acceptors (Lipinski definition) is 2. The number of esters is 1. The number of hydrogen-bond donors (Lipinski definition) is 0. The fourth-order valence-electron chi connectivity index (χ4n) is 2.44. The second-order valence-corrected chi connectivity index (χ2v) is 5.91. The van der Waals surface area contributed by atoms with E-state index in [2.05, 4.69) is 23.8 Å². The predicted molar refractivity (Wildman–Crippen MR) is 91.5 cm³/mol. The van der Waals surface area contributed by atoms with E-state index in [-0.39, 0.29) is 5.97 Å². The Labute approximate surface area is 132 Å². The molecule has 0 radical (unpaired) electrons. The maximum Gasteiger partial charge on any atom is 0.305 e. The van der Waals surface area contributed by atoms with Gasteiger partial charge in [-0.3, -0.25) is 4.79 Å². The lowest BCUT2D eigenvalue weighted by Crippen LogP contribution is -1.99. The van der Waals surface area contributed by atoms with Crippen molar-refractivity contribution in [2.75, 3.05) is 7.11 Å². The van der Waals surface area contributed by atoms with E-state index in [0.29, 0.717) is 6.42 Å². The molecule has 0 aliphatic heterocycles. The summed E-state index contributed by atoms with van der Waals surface area (Å²) in [5.74, 6) is -0.0742. The molecule has 0 saturated heterocycles. The highest BCUT2D eigenvalue weighted by molar-refractivity contribution is 5.68. The van der Waals surface area contributed by atoms with Crippen LogP contribution in [0.15, 0.2) is 12.2 Å². The van der Waals surface area contributed by atoms with Crippen LogP contribution in [0.2, 0.25) is 0 Å². The van der Waals surface area contributed by atoms with Crippen molar-refractivity contribution in [1.82, 2.24) is 0 Å². The average molecular weight is 296 g/mol. The highest BCUT2D eigenvalue weighted by Gasteiger charge is 1.98. The maximum absolute atomic E-state index is 10.9. The normalized spacial score (nSPS) is 11.1. The summed E-state index contributed by atoms with van der Waals surface area (Å²) in [7, 11) is 1.46. The van der Waals surface area contributed by atoms with E-state index in [1.807, 2.05) is 0 Å². The first kappa shape index (κ1) is 20.2. The first-order valence-electron chi connectivity index (χ1n) is 9.03. The topological polar surface area (TPSA) is 26.3 Å². The molecule has 0 fully saturated rings. The molecule has 0 spiro atoms. The summed E-state index contributed by atoms with van der Waals surface area (Å²) in [5.41, 5.74) is 0. The molecule has 124 valence electrons. The number of ether oxygens (including phenoxy) is 1. The highest BCUT2D eigenvalue weighted by Crippen LogP contribution is 2.10. The molecule has 0 saturated carbocycles. The molecular formula is C19H36O2. The zero-order valence-corrected chi connectivity index (χ0v) is 14.4. The lowest BCUT2D eigenvalue weighted by atomic mass is 10.1. The SMILES string of the molecule is CCCCCCC/C=C\CCCCCCCCC(=O)OC. The van der Waals surface area contributed by atoms with Gasteiger partial charge in [0.1, 0.15) is 0 Å². The highest BCUT2D eigenvalue weighted by atomic mass is 16.5. The molecule has 0 aromatic rings. The van der Waals surface area contributed by atoms with Gasteiger partial charge in [-0.05, 0) is 32.1 Å². The van der Waals surface area contributed by atoms with E-state index in [0.717, 1.165) is 12.8 Å². The van der Waals surface area contributed by atoms with Crippen LogP contribution in [0, 0.1) is 0 Å². The third-order valence-electron chi connectivity index (χ3n) is 3.87. The van der Waals surface area contributed by atoms with Gasteiger partial charge in [-0.15, -0.1) is 0 Å². The minimum atomic E-state index is -0.0742. The smallest absolute Gasteiger partial charge is 0.305 e. The Kier molecular flexibility index (Phi) is 16.6. The number of carbonyl (C=O) groups excluding carboxylic acids is 1. The Morgan fingerprint density at radius 1 is 0.762 bits per heavy atom. The predicted octanol–water partition coefficient (Wildman–Crippen LogP) is 6.20. The summed E-state index contributed by atoms with van der Waals surface area (Å²) in [5, 5.41) is 0. The summed E-state index contributed by atoms with van der Waals surface area (Å²) >= 11 is 0. The fraction of sp³-hybridized carbons (Fsp3) is 0.842. The van der Waals surface area contributed by atoms with Gasteiger partial charge < -0.3 is 4.74 Å². The molecule has 0 aromatic carbocycles. The van der Waals surface area contributed by atoms with Gasteiger partial charge in [0.05, 0.1) is 7.11 Å². The molecule has 0 amide bonds. The number of rotatable bonds is 15. The van der Waals surface area contributed by atoms with Crippen LogP contribution in [0.3, 0.4) is 0 Å². The monoisotopic (exact) mass is 296 g/mol. The largest absolute Gasteiger partial charge is 0.469 e. The van der Waals surface area contributed by atoms with E-state index in [9.17, 15) is 4.79 Å². The van der Waals surface area contributed by atoms with Crippen LogP contribution in [0.4, 0.5) is 0 Å². The molecule has 0 heterocycles. The Morgan fingerprint density at radius 3 is 1.76 bits per heavy atom. The van der Waals surface area contributed by atoms with Gasteiger partial charge in [0, 0.05) is 6.42 Å². The molecule has 0 aromatic heterocycles. The van der Waals surface area contributed by atoms with Crippen molar-refractivity contribution in [2.24, 2.45) is 0 Å². The quantitative estimate of drug-likeness (QED) is 0.204. The standard InChI is InChI=1S/C19H36O2/c1-3-4-5-6-7-8-9-10-11-12-13-14-15-16-17-18-19(20)21-2/h9-10H,3-8,11-18H2,1-2H3/b10-9-. The average Bonchev–Trinajstić information content (AvgIpc) is 2.50. The molecule has 2 nitrogen and oxygen atoms in total.